The Balaban J connectivity index is 1.07. The van der Waals surface area contributed by atoms with E-state index in [1.165, 1.54) is 29.8 Å². The molecule has 4 aromatic carbocycles. The molecule has 13 nitrogen and oxygen atoms in total. The molecule has 3 atom stereocenters. The highest BCUT2D eigenvalue weighted by atomic mass is 32.2. The number of sulfonamides is 1. The van der Waals surface area contributed by atoms with Crippen LogP contribution in [0.1, 0.15) is 112 Å². The summed E-state index contributed by atoms with van der Waals surface area (Å²) in [5.41, 5.74) is 4.10. The Labute approximate surface area is 465 Å². The number of hydrogen-bond acceptors (Lipinski definition) is 10. The molecule has 0 spiro atoms. The van der Waals surface area contributed by atoms with Crippen LogP contribution in [-0.4, -0.2) is 64.7 Å². The molecule has 2 N–H and O–H groups in total. The number of aryl methyl sites for hydroxylation is 6. The van der Waals surface area contributed by atoms with Gasteiger partial charge in [-0.15, -0.1) is 0 Å². The van der Waals surface area contributed by atoms with Crippen LogP contribution in [0.5, 0.6) is 0 Å². The fraction of sp³-hybridized carbons (Fsp3) is 0.407. The number of piperidine rings is 2. The SMILES string of the molecule is Cc1cc(C)c(SN(Cc2ccc(N3CCCC(C(C)(C(=O)O)c4cc(CN(Cc5ccc(N6CCCC(CC(=O)O)C6=O)cc5)S(=O)(=O)c5c(C)cc(C)cc5C)oc4C(F)(F)F)C3)cc2)Cc2ccc(C(F)(F)F)o2)c(C)c1. The van der Waals surface area contributed by atoms with E-state index in [9.17, 15) is 46.2 Å². The van der Waals surface area contributed by atoms with Crippen LogP contribution in [0, 0.1) is 53.4 Å². The Morgan fingerprint density at radius 1 is 0.688 bits per heavy atom. The van der Waals surface area contributed by atoms with Gasteiger partial charge in [0.05, 0.1) is 29.8 Å². The zero-order chi connectivity index (χ0) is 58.2. The predicted octanol–water partition coefficient (Wildman–Crippen LogP) is 13.3. The van der Waals surface area contributed by atoms with Crippen LogP contribution in [-0.2, 0) is 68.4 Å². The molecular weight excluding hydrogens is 1090 g/mol. The minimum atomic E-state index is -5.20. The zero-order valence-electron chi connectivity index (χ0n) is 45.4. The topological polar surface area (TPSA) is 165 Å². The lowest BCUT2D eigenvalue weighted by Gasteiger charge is -2.42. The first-order valence-electron chi connectivity index (χ1n) is 26.2. The van der Waals surface area contributed by atoms with E-state index >= 15 is 13.2 Å². The number of anilines is 2. The number of amides is 1. The first kappa shape index (κ1) is 59.6. The Bertz CT molecular complexity index is 3330. The molecule has 0 radical (unpaired) electrons. The lowest BCUT2D eigenvalue weighted by Crippen LogP contribution is -2.49. The molecule has 2 aromatic heterocycles. The zero-order valence-corrected chi connectivity index (χ0v) is 47.1. The highest BCUT2D eigenvalue weighted by Crippen LogP contribution is 2.47. The van der Waals surface area contributed by atoms with Crippen molar-refractivity contribution in [2.24, 2.45) is 11.8 Å². The molecule has 428 valence electrons. The number of benzene rings is 4. The van der Waals surface area contributed by atoms with Gasteiger partial charge >= 0.3 is 24.3 Å². The van der Waals surface area contributed by atoms with Crippen LogP contribution >= 0.6 is 11.9 Å². The van der Waals surface area contributed by atoms with Gasteiger partial charge < -0.3 is 28.8 Å². The Hall–Kier alpha value is -6.55. The largest absolute Gasteiger partial charge is 0.481 e. The number of nitrogens with zero attached hydrogens (tertiary/aromatic N) is 4. The van der Waals surface area contributed by atoms with Gasteiger partial charge in [-0.3, -0.25) is 14.4 Å². The number of alkyl halides is 6. The molecule has 2 saturated heterocycles. The van der Waals surface area contributed by atoms with Crippen LogP contribution in [0.25, 0.3) is 0 Å². The summed E-state index contributed by atoms with van der Waals surface area (Å²) in [7, 11) is -4.53. The van der Waals surface area contributed by atoms with E-state index < -0.39 is 81.0 Å². The van der Waals surface area contributed by atoms with Crippen molar-refractivity contribution in [3.8, 4) is 0 Å². The van der Waals surface area contributed by atoms with Crippen LogP contribution in [0.15, 0.2) is 110 Å². The van der Waals surface area contributed by atoms with E-state index in [1.807, 2.05) is 66.4 Å². The van der Waals surface area contributed by atoms with Gasteiger partial charge in [0.15, 0.2) is 0 Å². The van der Waals surface area contributed by atoms with Crippen molar-refractivity contribution in [3.05, 3.63) is 164 Å². The van der Waals surface area contributed by atoms with Crippen LogP contribution < -0.4 is 9.80 Å². The summed E-state index contributed by atoms with van der Waals surface area (Å²) in [5, 5.41) is 20.5. The van der Waals surface area contributed by atoms with Crippen molar-refractivity contribution in [2.75, 3.05) is 29.4 Å². The minimum Gasteiger partial charge on any atom is -0.481 e. The summed E-state index contributed by atoms with van der Waals surface area (Å²) in [6, 6.07) is 24.3. The molecule has 80 heavy (non-hydrogen) atoms. The monoisotopic (exact) mass is 1150 g/mol. The highest BCUT2D eigenvalue weighted by Gasteiger charge is 2.52. The average molecular weight is 1150 g/mol. The number of carbonyl (C=O) groups is 3. The smallest absolute Gasteiger partial charge is 0.449 e. The summed E-state index contributed by atoms with van der Waals surface area (Å²) >= 11 is 1.39. The molecule has 0 bridgehead atoms. The molecule has 2 fully saturated rings. The second kappa shape index (κ2) is 23.5. The fourth-order valence-corrected chi connectivity index (χ4v) is 14.2. The van der Waals surface area contributed by atoms with Crippen LogP contribution in [0.3, 0.4) is 0 Å². The predicted molar refractivity (Wildman–Crippen MR) is 290 cm³/mol. The van der Waals surface area contributed by atoms with Gasteiger partial charge in [0.25, 0.3) is 0 Å². The van der Waals surface area contributed by atoms with Crippen molar-refractivity contribution < 1.29 is 68.2 Å². The second-order valence-corrected chi connectivity index (χ2v) is 24.4. The molecule has 2 aliphatic rings. The van der Waals surface area contributed by atoms with Crippen molar-refractivity contribution >= 4 is 51.2 Å². The molecule has 1 amide bonds. The number of rotatable bonds is 19. The van der Waals surface area contributed by atoms with E-state index in [0.29, 0.717) is 60.4 Å². The lowest BCUT2D eigenvalue weighted by molar-refractivity contribution is -0.157. The number of hydrogen-bond donors (Lipinski definition) is 2. The van der Waals surface area contributed by atoms with Crippen molar-refractivity contribution in [2.45, 2.75) is 134 Å². The quantitative estimate of drug-likeness (QED) is 0.0583. The summed E-state index contributed by atoms with van der Waals surface area (Å²) in [6.07, 6.45) is -8.54. The third-order valence-electron chi connectivity index (χ3n) is 15.2. The number of carbonyl (C=O) groups excluding carboxylic acids is 1. The van der Waals surface area contributed by atoms with E-state index in [0.717, 1.165) is 49.2 Å². The number of aliphatic carboxylic acids is 2. The Kier molecular flexibility index (Phi) is 17.5. The molecule has 0 aliphatic carbocycles. The van der Waals surface area contributed by atoms with Crippen LogP contribution in [0.4, 0.5) is 37.7 Å². The average Bonchev–Trinajstić information content (AvgIpc) is 4.04. The van der Waals surface area contributed by atoms with E-state index in [2.05, 4.69) is 0 Å². The van der Waals surface area contributed by atoms with Gasteiger partial charge in [-0.05, 0) is 168 Å². The lowest BCUT2D eigenvalue weighted by atomic mass is 9.68. The molecule has 0 saturated carbocycles. The first-order chi connectivity index (χ1) is 37.5. The van der Waals surface area contributed by atoms with Gasteiger partial charge in [0, 0.05) is 60.5 Å². The van der Waals surface area contributed by atoms with E-state index in [-0.39, 0.29) is 55.6 Å². The first-order valence-corrected chi connectivity index (χ1v) is 28.4. The van der Waals surface area contributed by atoms with Crippen LogP contribution in [0.2, 0.25) is 0 Å². The fourth-order valence-electron chi connectivity index (χ4n) is 11.4. The van der Waals surface area contributed by atoms with Gasteiger partial charge in [-0.25, -0.2) is 12.7 Å². The standard InChI is InChI=1S/C59H64F6N4O9S2/c1-35-24-37(3)52(38(4)25-35)79-67(33-47-20-21-50(77-47)58(60,61)62)30-41-12-16-45(17-13-41)66-22-9-11-44(32-66)57(7,56(73)74)49-29-48(78-54(49)59(63,64)65)34-68(80(75,76)53-39(5)26-36(2)27-40(53)6)31-42-14-18-46(19-15-42)69-23-8-10-43(55(69)72)28-51(70)71/h12-21,24-27,29,43-44H,8-11,22-23,28,30-34H2,1-7H3,(H,70,71)(H,73,74). The molecule has 6 aromatic rings. The molecule has 2 aliphatic heterocycles. The van der Waals surface area contributed by atoms with Gasteiger partial charge in [0.1, 0.15) is 11.5 Å². The van der Waals surface area contributed by atoms with Gasteiger partial charge in [0.2, 0.25) is 27.5 Å². The normalized spacial score (nSPS) is 17.4. The maximum atomic E-state index is 15.3. The molecule has 4 heterocycles. The molecule has 8 rings (SSSR count). The summed E-state index contributed by atoms with van der Waals surface area (Å²) in [4.78, 5) is 42.7. The molecular formula is C59H64F6N4O9S2. The van der Waals surface area contributed by atoms with Gasteiger partial charge in [-0.2, -0.15) is 30.6 Å². The summed E-state index contributed by atoms with van der Waals surface area (Å²) < 4.78 is 130. The number of carboxylic acid groups (broad SMARTS) is 2. The van der Waals surface area contributed by atoms with Crippen molar-refractivity contribution in [1.82, 2.24) is 8.61 Å². The van der Waals surface area contributed by atoms with Crippen molar-refractivity contribution in [3.63, 3.8) is 0 Å². The second-order valence-electron chi connectivity index (χ2n) is 21.4. The minimum absolute atomic E-state index is 0.0274. The van der Waals surface area contributed by atoms with E-state index in [1.54, 1.807) is 57.2 Å². The summed E-state index contributed by atoms with van der Waals surface area (Å²) in [5.74, 6) is -7.59. The number of carboxylic acids is 2. The third-order valence-corrected chi connectivity index (χ3v) is 18.6. The highest BCUT2D eigenvalue weighted by molar-refractivity contribution is 7.97. The summed E-state index contributed by atoms with van der Waals surface area (Å²) in [6.45, 7) is 12.2. The van der Waals surface area contributed by atoms with Crippen molar-refractivity contribution in [1.29, 1.82) is 0 Å². The molecule has 21 heteroatoms. The maximum Gasteiger partial charge on any atom is 0.449 e. The van der Waals surface area contributed by atoms with Gasteiger partial charge in [-0.1, -0.05) is 59.7 Å². The Morgan fingerprint density at radius 3 is 1.82 bits per heavy atom. The Morgan fingerprint density at radius 2 is 1.26 bits per heavy atom. The third kappa shape index (κ3) is 13.1. The molecule has 3 unspecified atom stereocenters. The maximum absolute atomic E-state index is 15.3. The van der Waals surface area contributed by atoms with E-state index in [4.69, 9.17) is 8.83 Å². The number of halogens is 6. The number of furan rings is 2.